The smallest absolute Gasteiger partial charge is 0.242 e. The van der Waals surface area contributed by atoms with Crippen molar-refractivity contribution in [1.82, 2.24) is 9.78 Å². The van der Waals surface area contributed by atoms with E-state index in [9.17, 15) is 19.5 Å². The van der Waals surface area contributed by atoms with E-state index in [4.69, 9.17) is 21.4 Å². The minimum atomic E-state index is -1.35. The minimum absolute atomic E-state index is 0.122. The molecule has 2 aromatic heterocycles. The summed E-state index contributed by atoms with van der Waals surface area (Å²) in [5, 5.41) is 17.3. The molecule has 312 valence electrons. The number of thiophene rings is 1. The van der Waals surface area contributed by atoms with Gasteiger partial charge in [-0.05, 0) is 120 Å². The molecule has 2 saturated heterocycles. The third-order valence-corrected chi connectivity index (χ3v) is 15.7. The van der Waals surface area contributed by atoms with E-state index in [1.165, 1.54) is 16.9 Å². The number of rotatable bonds is 7. The molecular weight excluding hydrogens is 892 g/mol. The number of imide groups is 2. The van der Waals surface area contributed by atoms with Crippen LogP contribution in [-0.2, 0) is 26.2 Å². The Hall–Kier alpha value is -5.89. The second kappa shape index (κ2) is 14.6. The molecule has 6 atom stereocenters. The fourth-order valence-electron chi connectivity index (χ4n) is 10.5. The van der Waals surface area contributed by atoms with Gasteiger partial charge in [0.1, 0.15) is 11.5 Å². The molecule has 3 fully saturated rings. The van der Waals surface area contributed by atoms with Crippen LogP contribution in [0.5, 0.6) is 11.5 Å². The lowest BCUT2D eigenvalue weighted by Gasteiger charge is -2.49. The maximum Gasteiger partial charge on any atom is 0.242 e. The predicted octanol–water partition coefficient (Wildman–Crippen LogP) is 9.41. The molecule has 1 saturated carbocycles. The Labute approximate surface area is 373 Å². The summed E-state index contributed by atoms with van der Waals surface area (Å²) in [6.07, 6.45) is 2.36. The molecule has 4 aromatic carbocycles. The van der Waals surface area contributed by atoms with E-state index < -0.39 is 52.7 Å². The summed E-state index contributed by atoms with van der Waals surface area (Å²) in [6.45, 7) is 3.80. The first kappa shape index (κ1) is 40.2. The van der Waals surface area contributed by atoms with Crippen molar-refractivity contribution in [2.75, 3.05) is 16.9 Å². The molecule has 4 aliphatic rings. The average Bonchev–Trinajstić information content (AvgIpc) is 3.94. The summed E-state index contributed by atoms with van der Waals surface area (Å²) < 4.78 is 8.50. The number of phenols is 1. The Morgan fingerprint density at radius 2 is 1.65 bits per heavy atom. The summed E-state index contributed by atoms with van der Waals surface area (Å²) in [6, 6.07) is 26.2. The number of benzene rings is 4. The lowest BCUT2D eigenvalue weighted by Crippen LogP contribution is -2.49. The van der Waals surface area contributed by atoms with Crippen molar-refractivity contribution >= 4 is 89.9 Å². The molecule has 2 aliphatic heterocycles. The molecule has 2 aliphatic carbocycles. The maximum atomic E-state index is 15.3. The van der Waals surface area contributed by atoms with Crippen LogP contribution in [0.15, 0.2) is 107 Å². The van der Waals surface area contributed by atoms with Crippen molar-refractivity contribution in [2.24, 2.45) is 36.1 Å². The molecule has 1 N–H and O–H groups in total. The summed E-state index contributed by atoms with van der Waals surface area (Å²) in [7, 11) is 3.14. The van der Waals surface area contributed by atoms with Crippen LogP contribution in [0.1, 0.15) is 52.7 Å². The SMILES string of the molecule is COc1cc(C2C3=CCC4C(=O)N(c5ccc(C(=O)c6ccccc6)cc5)C(=O)C4C3CC3C(=O)N(c4cc(-c5sc6ccc(Cl)cc6c5C)nn4C)C(=O)C32C)cc(Br)c1O. The van der Waals surface area contributed by atoms with Gasteiger partial charge < -0.3 is 9.84 Å². The highest BCUT2D eigenvalue weighted by Gasteiger charge is 2.68. The number of aromatic hydroxyl groups is 1. The van der Waals surface area contributed by atoms with E-state index in [0.717, 1.165) is 26.1 Å². The number of ketones is 1. The van der Waals surface area contributed by atoms with Gasteiger partial charge in [-0.25, -0.2) is 4.90 Å². The molecule has 6 aromatic rings. The lowest BCUT2D eigenvalue weighted by molar-refractivity contribution is -0.131. The summed E-state index contributed by atoms with van der Waals surface area (Å²) in [5.74, 6) is -5.15. The zero-order chi connectivity index (χ0) is 43.5. The summed E-state index contributed by atoms with van der Waals surface area (Å²) in [5.41, 5.74) is 2.92. The fraction of sp³-hybridized carbons (Fsp3) is 0.250. The van der Waals surface area contributed by atoms with E-state index in [-0.39, 0.29) is 36.0 Å². The number of allylic oxidation sites excluding steroid dienone is 2. The Balaban J connectivity index is 1.05. The van der Waals surface area contributed by atoms with Gasteiger partial charge in [0.25, 0.3) is 0 Å². The van der Waals surface area contributed by atoms with Crippen molar-refractivity contribution in [1.29, 1.82) is 0 Å². The monoisotopic (exact) mass is 928 g/mol. The molecule has 0 radical (unpaired) electrons. The quantitative estimate of drug-likeness (QED) is 0.0950. The van der Waals surface area contributed by atoms with Gasteiger partial charge in [-0.2, -0.15) is 5.10 Å². The topological polar surface area (TPSA) is 139 Å². The van der Waals surface area contributed by atoms with Crippen molar-refractivity contribution in [2.45, 2.75) is 32.6 Å². The average molecular weight is 930 g/mol. The number of amides is 4. The van der Waals surface area contributed by atoms with Gasteiger partial charge in [0, 0.05) is 39.9 Å². The molecule has 0 spiro atoms. The number of aromatic nitrogens is 2. The number of ether oxygens (including phenoxy) is 1. The highest BCUT2D eigenvalue weighted by molar-refractivity contribution is 9.10. The molecule has 14 heteroatoms. The first-order valence-electron chi connectivity index (χ1n) is 20.2. The van der Waals surface area contributed by atoms with Crippen molar-refractivity contribution < 1.29 is 33.8 Å². The van der Waals surface area contributed by atoms with Crippen LogP contribution in [0.3, 0.4) is 0 Å². The van der Waals surface area contributed by atoms with Gasteiger partial charge in [-0.15, -0.1) is 11.3 Å². The Kier molecular flexibility index (Phi) is 9.47. The molecule has 4 amide bonds. The van der Waals surface area contributed by atoms with Gasteiger partial charge in [-0.3, -0.25) is 33.6 Å². The number of fused-ring (bicyclic) bond motifs is 5. The number of methoxy groups -OCH3 is 1. The van der Waals surface area contributed by atoms with Crippen LogP contribution in [0.25, 0.3) is 20.7 Å². The molecule has 11 nitrogen and oxygen atoms in total. The zero-order valence-corrected chi connectivity index (χ0v) is 37.0. The van der Waals surface area contributed by atoms with Crippen molar-refractivity contribution in [3.8, 4) is 22.1 Å². The standard InChI is InChI=1S/C48H38BrClN4O7S/c1-23-31-20-27(50)12-17-37(31)62-43(23)35-22-38(52(3)51-35)54-45(58)33-21-32-29(40(48(33,2)47(54)60)26-18-34(49)42(56)36(19-26)61-4)15-16-30-39(32)46(59)53(44(30)57)28-13-10-25(11-14-28)41(55)24-8-6-5-7-9-24/h5-15,17-20,22,30,32-33,39-40,56H,16,21H2,1-4H3. The van der Waals surface area contributed by atoms with Crippen molar-refractivity contribution in [3.05, 3.63) is 134 Å². The number of nitrogens with zero attached hydrogens (tertiary/aromatic N) is 4. The molecule has 62 heavy (non-hydrogen) atoms. The van der Waals surface area contributed by atoms with Crippen LogP contribution in [0, 0.1) is 36.0 Å². The lowest BCUT2D eigenvalue weighted by atomic mass is 9.51. The van der Waals surface area contributed by atoms with Crippen LogP contribution < -0.4 is 14.5 Å². The second-order valence-electron chi connectivity index (χ2n) is 16.7. The van der Waals surface area contributed by atoms with Crippen LogP contribution in [-0.4, -0.2) is 51.4 Å². The predicted molar refractivity (Wildman–Crippen MR) is 240 cm³/mol. The van der Waals surface area contributed by atoms with E-state index in [0.29, 0.717) is 43.4 Å². The molecular formula is C48H38BrClN4O7S. The van der Waals surface area contributed by atoms with Crippen LogP contribution >= 0.6 is 38.9 Å². The van der Waals surface area contributed by atoms with Crippen molar-refractivity contribution in [3.63, 3.8) is 0 Å². The van der Waals surface area contributed by atoms with Gasteiger partial charge in [-0.1, -0.05) is 53.6 Å². The van der Waals surface area contributed by atoms with Gasteiger partial charge in [0.15, 0.2) is 17.3 Å². The molecule has 10 rings (SSSR count). The van der Waals surface area contributed by atoms with E-state index in [1.54, 1.807) is 89.8 Å². The van der Waals surface area contributed by atoms with E-state index in [2.05, 4.69) is 15.9 Å². The largest absolute Gasteiger partial charge is 0.503 e. The second-order valence-corrected chi connectivity index (χ2v) is 19.0. The number of phenolic OH excluding ortho intramolecular Hbond substituents is 1. The molecule has 4 heterocycles. The summed E-state index contributed by atoms with van der Waals surface area (Å²) >= 11 is 11.4. The number of hydrogen-bond acceptors (Lipinski definition) is 9. The normalized spacial score (nSPS) is 24.4. The van der Waals surface area contributed by atoms with Gasteiger partial charge in [0.2, 0.25) is 23.6 Å². The number of hydrogen-bond donors (Lipinski definition) is 1. The number of aryl methyl sites for hydroxylation is 2. The molecule has 6 unspecified atom stereocenters. The highest BCUT2D eigenvalue weighted by Crippen LogP contribution is 2.64. The molecule has 0 bridgehead atoms. The first-order chi connectivity index (χ1) is 29.7. The number of carbonyl (C=O) groups is 5. The number of carbonyl (C=O) groups excluding carboxylic acids is 5. The zero-order valence-electron chi connectivity index (χ0n) is 33.9. The maximum absolute atomic E-state index is 15.3. The Bertz CT molecular complexity index is 2980. The number of halogens is 2. The fourth-order valence-corrected chi connectivity index (χ4v) is 12.3. The highest BCUT2D eigenvalue weighted by atomic mass is 79.9. The van der Waals surface area contributed by atoms with Crippen LogP contribution in [0.2, 0.25) is 5.02 Å². The Morgan fingerprint density at radius 1 is 0.919 bits per heavy atom. The third-order valence-electron chi connectivity index (χ3n) is 13.5. The van der Waals surface area contributed by atoms with Crippen LogP contribution in [0.4, 0.5) is 11.5 Å². The number of anilines is 2. The van der Waals surface area contributed by atoms with Gasteiger partial charge in [0.05, 0.1) is 45.3 Å². The Morgan fingerprint density at radius 3 is 2.37 bits per heavy atom. The van der Waals surface area contributed by atoms with E-state index >= 15 is 9.59 Å². The summed E-state index contributed by atoms with van der Waals surface area (Å²) in [4.78, 5) is 75.9. The first-order valence-corrected chi connectivity index (χ1v) is 22.2. The third kappa shape index (κ3) is 5.81. The minimum Gasteiger partial charge on any atom is -0.503 e. The van der Waals surface area contributed by atoms with Gasteiger partial charge >= 0.3 is 0 Å². The van der Waals surface area contributed by atoms with E-state index in [1.807, 2.05) is 44.2 Å².